The van der Waals surface area contributed by atoms with Crippen molar-refractivity contribution >= 4 is 28.9 Å². The van der Waals surface area contributed by atoms with E-state index < -0.39 is 5.97 Å². The molecular weight excluding hydrogens is 320 g/mol. The Kier molecular flexibility index (Phi) is 3.53. The highest BCUT2D eigenvalue weighted by atomic mass is 35.5. The molecule has 0 amide bonds. The molecule has 2 heterocycles. The van der Waals surface area contributed by atoms with Gasteiger partial charge in [-0.15, -0.1) is 5.10 Å². The van der Waals surface area contributed by atoms with Crippen LogP contribution in [0.2, 0.25) is 5.02 Å². The molecule has 3 N–H and O–H groups in total. The number of aromatic nitrogens is 4. The molecule has 1 aliphatic heterocycles. The fourth-order valence-electron chi connectivity index (χ4n) is 2.34. The lowest BCUT2D eigenvalue weighted by molar-refractivity contribution is -0.137. The van der Waals surface area contributed by atoms with Crippen LogP contribution in [0.1, 0.15) is 5.56 Å². The van der Waals surface area contributed by atoms with Gasteiger partial charge in [0.15, 0.2) is 5.82 Å². The van der Waals surface area contributed by atoms with Crippen LogP contribution in [0.3, 0.4) is 0 Å². The van der Waals surface area contributed by atoms with E-state index in [0.29, 0.717) is 39.2 Å². The van der Waals surface area contributed by atoms with Gasteiger partial charge in [0.25, 0.3) is 0 Å². The highest BCUT2D eigenvalue weighted by Gasteiger charge is 2.25. The van der Waals surface area contributed by atoms with Crippen LogP contribution in [-0.2, 0) is 11.3 Å². The lowest BCUT2D eigenvalue weighted by atomic mass is 10.0. The molecule has 23 heavy (non-hydrogen) atoms. The average Bonchev–Trinajstić information content (AvgIpc) is 2.90. The summed E-state index contributed by atoms with van der Waals surface area (Å²) in [7, 11) is 0. The van der Waals surface area contributed by atoms with Crippen LogP contribution < -0.4 is 10.6 Å². The van der Waals surface area contributed by atoms with Crippen molar-refractivity contribution in [2.75, 3.05) is 10.6 Å². The molecule has 0 saturated carbocycles. The van der Waals surface area contributed by atoms with E-state index in [2.05, 4.69) is 39.3 Å². The molecule has 0 aliphatic carbocycles. The van der Waals surface area contributed by atoms with Crippen molar-refractivity contribution in [3.8, 4) is 11.4 Å². The molecule has 9 heteroatoms. The van der Waals surface area contributed by atoms with Crippen molar-refractivity contribution in [1.82, 2.24) is 20.2 Å². The zero-order valence-electron chi connectivity index (χ0n) is 12.2. The van der Waals surface area contributed by atoms with E-state index in [4.69, 9.17) is 16.7 Å². The first-order chi connectivity index (χ1) is 10.9. The molecule has 2 aromatic rings. The van der Waals surface area contributed by atoms with Crippen LogP contribution in [0, 0.1) is 6.92 Å². The number of nitrogens with zero attached hydrogens (tertiary/aromatic N) is 4. The van der Waals surface area contributed by atoms with E-state index in [0.717, 1.165) is 5.56 Å². The Morgan fingerprint density at radius 2 is 2.09 bits per heavy atom. The van der Waals surface area contributed by atoms with Gasteiger partial charge >= 0.3 is 5.97 Å². The van der Waals surface area contributed by atoms with Crippen LogP contribution in [0.15, 0.2) is 30.6 Å². The summed E-state index contributed by atoms with van der Waals surface area (Å²) in [6.45, 7) is 9.19. The number of hydrogen-bond donors (Lipinski definition) is 3. The number of carboxylic acids is 1. The predicted octanol–water partition coefficient (Wildman–Crippen LogP) is 2.25. The number of tetrazole rings is 1. The molecule has 118 valence electrons. The zero-order chi connectivity index (χ0) is 16.7. The Labute approximate surface area is 136 Å². The normalized spacial score (nSPS) is 13.3. The molecule has 8 nitrogen and oxygen atoms in total. The van der Waals surface area contributed by atoms with Crippen LogP contribution in [-0.4, -0.2) is 31.3 Å². The maximum atomic E-state index is 11.0. The summed E-state index contributed by atoms with van der Waals surface area (Å²) in [6, 6.07) is 1.76. The molecule has 0 fully saturated rings. The molecule has 0 spiro atoms. The van der Waals surface area contributed by atoms with Gasteiger partial charge in [-0.3, -0.25) is 4.79 Å². The standard InChI is InChI=1S/C14H13ClN6O2/c1-6-9(15)4-10-13(17-8(3)7(2)16-10)12(6)14-18-19-20-21(14)5-11(22)23/h4,16-17H,2-3,5H2,1H3,(H,22,23). The van der Waals surface area contributed by atoms with E-state index in [1.165, 1.54) is 4.68 Å². The van der Waals surface area contributed by atoms with Crippen LogP contribution >= 0.6 is 11.6 Å². The smallest absolute Gasteiger partial charge is 0.325 e. The number of hydrogen-bond acceptors (Lipinski definition) is 6. The van der Waals surface area contributed by atoms with Crippen molar-refractivity contribution in [2.24, 2.45) is 0 Å². The fraction of sp³-hybridized carbons (Fsp3) is 0.143. The van der Waals surface area contributed by atoms with Crippen LogP contribution in [0.25, 0.3) is 11.4 Å². The molecule has 0 radical (unpaired) electrons. The van der Waals surface area contributed by atoms with Gasteiger partial charge < -0.3 is 15.7 Å². The van der Waals surface area contributed by atoms with E-state index in [1.54, 1.807) is 6.07 Å². The summed E-state index contributed by atoms with van der Waals surface area (Å²) < 4.78 is 1.20. The van der Waals surface area contributed by atoms with Crippen molar-refractivity contribution in [2.45, 2.75) is 13.5 Å². The van der Waals surface area contributed by atoms with Gasteiger partial charge in [0.05, 0.1) is 28.3 Å². The lowest BCUT2D eigenvalue weighted by Crippen LogP contribution is -2.18. The summed E-state index contributed by atoms with van der Waals surface area (Å²) in [4.78, 5) is 11.0. The quantitative estimate of drug-likeness (QED) is 0.791. The highest BCUT2D eigenvalue weighted by Crippen LogP contribution is 2.43. The second-order valence-corrected chi connectivity index (χ2v) is 5.45. The Morgan fingerprint density at radius 3 is 2.78 bits per heavy atom. The number of aliphatic carboxylic acids is 1. The molecule has 1 aliphatic rings. The molecule has 0 saturated heterocycles. The van der Waals surface area contributed by atoms with E-state index in [-0.39, 0.29) is 6.54 Å². The second-order valence-electron chi connectivity index (χ2n) is 5.04. The number of rotatable bonds is 3. The zero-order valence-corrected chi connectivity index (χ0v) is 13.0. The van der Waals surface area contributed by atoms with Gasteiger partial charge in [0.1, 0.15) is 6.54 Å². The largest absolute Gasteiger partial charge is 0.480 e. The maximum absolute atomic E-state index is 11.0. The number of carboxylic acid groups (broad SMARTS) is 1. The van der Waals surface area contributed by atoms with Crippen LogP contribution in [0.5, 0.6) is 0 Å². The third-order valence-corrected chi connectivity index (χ3v) is 3.88. The second kappa shape index (κ2) is 5.40. The van der Waals surface area contributed by atoms with Gasteiger partial charge in [-0.2, -0.15) is 0 Å². The van der Waals surface area contributed by atoms with E-state index in [1.807, 2.05) is 6.92 Å². The SMILES string of the molecule is C=C1Nc2cc(Cl)c(C)c(-c3nnnn3CC(=O)O)c2NC1=C. The minimum atomic E-state index is -1.05. The molecule has 0 bridgehead atoms. The Morgan fingerprint density at radius 1 is 1.39 bits per heavy atom. The topological polar surface area (TPSA) is 105 Å². The van der Waals surface area contributed by atoms with E-state index in [9.17, 15) is 4.79 Å². The average molecular weight is 333 g/mol. The van der Waals surface area contributed by atoms with Gasteiger partial charge in [0.2, 0.25) is 0 Å². The minimum Gasteiger partial charge on any atom is -0.480 e. The minimum absolute atomic E-state index is 0.304. The number of anilines is 2. The first-order valence-corrected chi connectivity index (χ1v) is 7.00. The van der Waals surface area contributed by atoms with Crippen molar-refractivity contribution in [1.29, 1.82) is 0 Å². The van der Waals surface area contributed by atoms with Gasteiger partial charge in [-0.25, -0.2) is 4.68 Å². The number of nitrogens with one attached hydrogen (secondary N) is 2. The fourth-order valence-corrected chi connectivity index (χ4v) is 2.54. The highest BCUT2D eigenvalue weighted by molar-refractivity contribution is 6.32. The Balaban J connectivity index is 2.24. The molecule has 1 aromatic carbocycles. The van der Waals surface area contributed by atoms with Crippen molar-refractivity contribution < 1.29 is 9.90 Å². The molecule has 3 rings (SSSR count). The first-order valence-electron chi connectivity index (χ1n) is 6.62. The molecular formula is C14H13ClN6O2. The maximum Gasteiger partial charge on any atom is 0.325 e. The van der Waals surface area contributed by atoms with Gasteiger partial charge in [0, 0.05) is 5.02 Å². The van der Waals surface area contributed by atoms with Crippen LogP contribution in [0.4, 0.5) is 11.4 Å². The summed E-state index contributed by atoms with van der Waals surface area (Å²) in [5, 5.41) is 27.0. The summed E-state index contributed by atoms with van der Waals surface area (Å²) in [5.74, 6) is -0.741. The summed E-state index contributed by atoms with van der Waals surface area (Å²) in [6.07, 6.45) is 0. The van der Waals surface area contributed by atoms with Crippen molar-refractivity contribution in [3.05, 3.63) is 41.2 Å². The monoisotopic (exact) mass is 332 g/mol. The van der Waals surface area contributed by atoms with E-state index >= 15 is 0 Å². The Bertz CT molecular complexity index is 857. The van der Waals surface area contributed by atoms with Gasteiger partial charge in [-0.1, -0.05) is 24.8 Å². The Hall–Kier alpha value is -2.87. The summed E-state index contributed by atoms with van der Waals surface area (Å²) in [5.41, 5.74) is 3.91. The number of halogens is 1. The molecule has 0 atom stereocenters. The number of fused-ring (bicyclic) bond motifs is 1. The number of carbonyl (C=O) groups is 1. The third-order valence-electron chi connectivity index (χ3n) is 3.49. The molecule has 0 unspecified atom stereocenters. The predicted molar refractivity (Wildman–Crippen MR) is 86.2 cm³/mol. The first kappa shape index (κ1) is 15.0. The summed E-state index contributed by atoms with van der Waals surface area (Å²) >= 11 is 6.30. The van der Waals surface area contributed by atoms with Gasteiger partial charge in [-0.05, 0) is 29.0 Å². The molecule has 1 aromatic heterocycles. The third kappa shape index (κ3) is 2.53. The lowest BCUT2D eigenvalue weighted by Gasteiger charge is -2.27. The number of benzene rings is 1. The van der Waals surface area contributed by atoms with Crippen molar-refractivity contribution in [3.63, 3.8) is 0 Å².